The summed E-state index contributed by atoms with van der Waals surface area (Å²) in [5.41, 5.74) is 2.98. The number of amides is 1. The molecule has 0 saturated carbocycles. The first-order chi connectivity index (χ1) is 14.8. The van der Waals surface area contributed by atoms with Gasteiger partial charge in [0.25, 0.3) is 0 Å². The van der Waals surface area contributed by atoms with Gasteiger partial charge in [0, 0.05) is 30.8 Å². The Kier molecular flexibility index (Phi) is 5.01. The van der Waals surface area contributed by atoms with Gasteiger partial charge in [0.2, 0.25) is 5.91 Å². The molecule has 0 fully saturated rings. The molecule has 1 aliphatic rings. The van der Waals surface area contributed by atoms with Crippen molar-refractivity contribution in [3.8, 4) is 0 Å². The number of hydrogen-bond acceptors (Lipinski definition) is 4. The summed E-state index contributed by atoms with van der Waals surface area (Å²) < 4.78 is 2.22. The second-order valence-electron chi connectivity index (χ2n) is 7.83. The van der Waals surface area contributed by atoms with Crippen molar-refractivity contribution in [1.82, 2.24) is 30.3 Å². The number of aryl methyl sites for hydroxylation is 1. The zero-order valence-electron chi connectivity index (χ0n) is 16.7. The molecule has 2 aromatic heterocycles. The molecule has 0 bridgehead atoms. The fourth-order valence-corrected chi connectivity index (χ4v) is 4.19. The largest absolute Gasteiger partial charge is 0.353 e. The Morgan fingerprint density at radius 1 is 1.07 bits per heavy atom. The smallest absolute Gasteiger partial charge is 0.226 e. The van der Waals surface area contributed by atoms with Crippen molar-refractivity contribution in [3.63, 3.8) is 0 Å². The van der Waals surface area contributed by atoms with Gasteiger partial charge in [0.1, 0.15) is 11.6 Å². The van der Waals surface area contributed by atoms with Crippen LogP contribution < -0.4 is 5.32 Å². The molecule has 30 heavy (non-hydrogen) atoms. The second-order valence-corrected chi connectivity index (χ2v) is 7.83. The predicted molar refractivity (Wildman–Crippen MR) is 114 cm³/mol. The van der Waals surface area contributed by atoms with Crippen LogP contribution in [0.5, 0.6) is 0 Å². The molecule has 1 amide bonds. The summed E-state index contributed by atoms with van der Waals surface area (Å²) in [6, 6.07) is 18.3. The molecule has 2 aromatic carbocycles. The van der Waals surface area contributed by atoms with Gasteiger partial charge in [-0.05, 0) is 24.5 Å². The van der Waals surface area contributed by atoms with Crippen molar-refractivity contribution >= 4 is 16.8 Å². The number of aromatic nitrogens is 5. The molecule has 4 aromatic rings. The SMILES string of the molecule is O=C(Cc1[nH]nc2ccccc12)NC1CCc2nnc(Cc3ccccc3)n2CC1. The van der Waals surface area contributed by atoms with Crippen LogP contribution in [0.2, 0.25) is 0 Å². The number of nitrogens with zero attached hydrogens (tertiary/aromatic N) is 4. The number of benzene rings is 2. The number of rotatable bonds is 5. The summed E-state index contributed by atoms with van der Waals surface area (Å²) >= 11 is 0. The third-order valence-corrected chi connectivity index (χ3v) is 5.77. The maximum absolute atomic E-state index is 12.7. The van der Waals surface area contributed by atoms with Crippen molar-refractivity contribution in [2.45, 2.75) is 44.7 Å². The molecule has 7 heteroatoms. The van der Waals surface area contributed by atoms with E-state index in [0.717, 1.165) is 60.5 Å². The summed E-state index contributed by atoms with van der Waals surface area (Å²) in [7, 11) is 0. The number of aromatic amines is 1. The fraction of sp³-hybridized carbons (Fsp3) is 0.304. The highest BCUT2D eigenvalue weighted by molar-refractivity contribution is 5.87. The van der Waals surface area contributed by atoms with E-state index in [0.29, 0.717) is 6.42 Å². The van der Waals surface area contributed by atoms with Crippen LogP contribution in [0.15, 0.2) is 54.6 Å². The molecule has 0 radical (unpaired) electrons. The lowest BCUT2D eigenvalue weighted by Gasteiger charge is -2.16. The molecule has 1 atom stereocenters. The molecule has 0 spiro atoms. The Labute approximate surface area is 174 Å². The molecular formula is C23H24N6O. The number of H-pyrrole nitrogens is 1. The van der Waals surface area contributed by atoms with Crippen molar-refractivity contribution in [2.75, 3.05) is 0 Å². The highest BCUT2D eigenvalue weighted by Crippen LogP contribution is 2.19. The van der Waals surface area contributed by atoms with E-state index in [1.165, 1.54) is 5.56 Å². The maximum Gasteiger partial charge on any atom is 0.226 e. The van der Waals surface area contributed by atoms with E-state index in [2.05, 4.69) is 42.4 Å². The number of fused-ring (bicyclic) bond motifs is 2. The van der Waals surface area contributed by atoms with Crippen LogP contribution in [0, 0.1) is 0 Å². The molecule has 7 nitrogen and oxygen atoms in total. The van der Waals surface area contributed by atoms with Gasteiger partial charge < -0.3 is 9.88 Å². The van der Waals surface area contributed by atoms with Crippen molar-refractivity contribution < 1.29 is 4.79 Å². The number of carbonyl (C=O) groups excluding carboxylic acids is 1. The van der Waals surface area contributed by atoms with Gasteiger partial charge in [-0.1, -0.05) is 48.5 Å². The van der Waals surface area contributed by atoms with Gasteiger partial charge in [-0.25, -0.2) is 0 Å². The van der Waals surface area contributed by atoms with Crippen molar-refractivity contribution in [1.29, 1.82) is 0 Å². The summed E-state index contributed by atoms with van der Waals surface area (Å²) in [6.07, 6.45) is 3.65. The van der Waals surface area contributed by atoms with Gasteiger partial charge in [-0.2, -0.15) is 5.10 Å². The van der Waals surface area contributed by atoms with Crippen LogP contribution in [0.4, 0.5) is 0 Å². The standard InChI is InChI=1S/C23H24N6O/c30-23(15-20-18-8-4-5-9-19(18)25-26-20)24-17-10-11-21-27-28-22(29(21)13-12-17)14-16-6-2-1-3-7-16/h1-9,17H,10-15H2,(H,24,30)(H,25,26). The molecule has 2 N–H and O–H groups in total. The minimum Gasteiger partial charge on any atom is -0.353 e. The maximum atomic E-state index is 12.7. The first-order valence-corrected chi connectivity index (χ1v) is 10.4. The van der Waals surface area contributed by atoms with Crippen LogP contribution in [-0.4, -0.2) is 36.9 Å². The molecule has 5 rings (SSSR count). The van der Waals surface area contributed by atoms with Gasteiger partial charge >= 0.3 is 0 Å². The summed E-state index contributed by atoms with van der Waals surface area (Å²) in [4.78, 5) is 12.7. The zero-order valence-corrected chi connectivity index (χ0v) is 16.7. The van der Waals surface area contributed by atoms with Crippen LogP contribution in [-0.2, 0) is 30.6 Å². The van der Waals surface area contributed by atoms with Crippen LogP contribution in [0.25, 0.3) is 10.9 Å². The average molecular weight is 400 g/mol. The molecular weight excluding hydrogens is 376 g/mol. The molecule has 1 unspecified atom stereocenters. The van der Waals surface area contributed by atoms with E-state index >= 15 is 0 Å². The lowest BCUT2D eigenvalue weighted by Crippen LogP contribution is -2.36. The van der Waals surface area contributed by atoms with Crippen LogP contribution in [0.3, 0.4) is 0 Å². The quantitative estimate of drug-likeness (QED) is 0.539. The summed E-state index contributed by atoms with van der Waals surface area (Å²) in [5, 5.41) is 20.3. The lowest BCUT2D eigenvalue weighted by molar-refractivity contribution is -0.121. The predicted octanol–water partition coefficient (Wildman–Crippen LogP) is 2.81. The summed E-state index contributed by atoms with van der Waals surface area (Å²) in [6.45, 7) is 0.822. The Hall–Kier alpha value is -3.48. The number of para-hydroxylation sites is 1. The molecule has 152 valence electrons. The van der Waals surface area contributed by atoms with Crippen molar-refractivity contribution in [2.24, 2.45) is 0 Å². The van der Waals surface area contributed by atoms with Crippen LogP contribution >= 0.6 is 0 Å². The van der Waals surface area contributed by atoms with E-state index in [9.17, 15) is 4.79 Å². The van der Waals surface area contributed by atoms with Gasteiger partial charge in [-0.3, -0.25) is 9.89 Å². The topological polar surface area (TPSA) is 88.5 Å². The highest BCUT2D eigenvalue weighted by atomic mass is 16.1. The van der Waals surface area contributed by atoms with Gasteiger partial charge in [0.05, 0.1) is 17.6 Å². The summed E-state index contributed by atoms with van der Waals surface area (Å²) in [5.74, 6) is 2.03. The Morgan fingerprint density at radius 2 is 1.90 bits per heavy atom. The third-order valence-electron chi connectivity index (χ3n) is 5.77. The molecule has 1 aliphatic heterocycles. The first-order valence-electron chi connectivity index (χ1n) is 10.4. The number of carbonyl (C=O) groups is 1. The van der Waals surface area contributed by atoms with Crippen LogP contribution in [0.1, 0.15) is 35.7 Å². The third kappa shape index (κ3) is 3.83. The van der Waals surface area contributed by atoms with E-state index in [1.807, 2.05) is 42.5 Å². The number of hydrogen-bond donors (Lipinski definition) is 2. The lowest BCUT2D eigenvalue weighted by atomic mass is 10.1. The molecule has 0 saturated heterocycles. The Morgan fingerprint density at radius 3 is 2.80 bits per heavy atom. The Bertz CT molecular complexity index is 1160. The minimum atomic E-state index is 0.0246. The minimum absolute atomic E-state index is 0.0246. The van der Waals surface area contributed by atoms with E-state index in [1.54, 1.807) is 0 Å². The van der Waals surface area contributed by atoms with E-state index in [4.69, 9.17) is 0 Å². The van der Waals surface area contributed by atoms with Gasteiger partial charge in [0.15, 0.2) is 0 Å². The fourth-order valence-electron chi connectivity index (χ4n) is 4.19. The number of nitrogens with one attached hydrogen (secondary N) is 2. The average Bonchev–Trinajstić information content (AvgIpc) is 3.28. The van der Waals surface area contributed by atoms with Gasteiger partial charge in [-0.15, -0.1) is 10.2 Å². The monoisotopic (exact) mass is 400 g/mol. The Balaban J connectivity index is 1.22. The molecule has 3 heterocycles. The normalized spacial score (nSPS) is 16.2. The highest BCUT2D eigenvalue weighted by Gasteiger charge is 2.22. The second kappa shape index (κ2) is 8.10. The zero-order chi connectivity index (χ0) is 20.3. The van der Waals surface area contributed by atoms with E-state index < -0.39 is 0 Å². The van der Waals surface area contributed by atoms with Crippen molar-refractivity contribution in [3.05, 3.63) is 77.5 Å². The molecule has 0 aliphatic carbocycles. The first kappa shape index (κ1) is 18.5. The van der Waals surface area contributed by atoms with E-state index in [-0.39, 0.29) is 11.9 Å².